The molecule has 0 aliphatic heterocycles. The highest BCUT2D eigenvalue weighted by Gasteiger charge is 2.16. The lowest BCUT2D eigenvalue weighted by atomic mass is 10.2. The number of thiophene rings is 1. The Hall–Kier alpha value is -1.60. The van der Waals surface area contributed by atoms with Crippen LogP contribution in [0.3, 0.4) is 0 Å². The third-order valence-corrected chi connectivity index (χ3v) is 4.69. The smallest absolute Gasteiger partial charge is 0.328 e. The molecule has 0 radical (unpaired) electrons. The highest BCUT2D eigenvalue weighted by molar-refractivity contribution is 9.10. The van der Waals surface area contributed by atoms with Crippen molar-refractivity contribution in [1.29, 1.82) is 0 Å². The van der Waals surface area contributed by atoms with Crippen LogP contribution >= 0.6 is 27.3 Å². The quantitative estimate of drug-likeness (QED) is 0.821. The molecule has 2 heterocycles. The van der Waals surface area contributed by atoms with Crippen LogP contribution in [0.4, 0.5) is 5.82 Å². The molecule has 5 nitrogen and oxygen atoms in total. The summed E-state index contributed by atoms with van der Waals surface area (Å²) in [4.78, 5) is 14.0. The number of aliphatic carboxylic acids is 1. The van der Waals surface area contributed by atoms with Gasteiger partial charge in [0.1, 0.15) is 5.82 Å². The van der Waals surface area contributed by atoms with Crippen molar-refractivity contribution < 1.29 is 9.90 Å². The van der Waals surface area contributed by atoms with Crippen molar-refractivity contribution in [2.24, 2.45) is 7.05 Å². The molecule has 1 N–H and O–H groups in total. The van der Waals surface area contributed by atoms with Crippen molar-refractivity contribution in [2.75, 3.05) is 11.9 Å². The molecule has 2 rings (SSSR count). The second-order valence-corrected chi connectivity index (χ2v) is 6.62. The van der Waals surface area contributed by atoms with Gasteiger partial charge in [-0.05, 0) is 35.0 Å². The number of aromatic nitrogens is 2. The maximum absolute atomic E-state index is 10.7. The second kappa shape index (κ2) is 6.44. The molecule has 2 aromatic rings. The summed E-state index contributed by atoms with van der Waals surface area (Å²) in [5.74, 6) is -0.0661. The van der Waals surface area contributed by atoms with E-state index >= 15 is 0 Å². The van der Waals surface area contributed by atoms with Crippen LogP contribution in [0.15, 0.2) is 22.0 Å². The summed E-state index contributed by atoms with van der Waals surface area (Å²) in [6.07, 6.45) is 2.74. The Labute approximate surface area is 135 Å². The van der Waals surface area contributed by atoms with Gasteiger partial charge < -0.3 is 10.0 Å². The molecular formula is C14H16BrN3O2S. The molecule has 112 valence electrons. The fraction of sp³-hybridized carbons (Fsp3) is 0.286. The number of aryl methyl sites for hydroxylation is 2. The lowest BCUT2D eigenvalue weighted by Crippen LogP contribution is -2.19. The molecule has 7 heteroatoms. The maximum Gasteiger partial charge on any atom is 0.328 e. The number of carbonyl (C=O) groups is 1. The summed E-state index contributed by atoms with van der Waals surface area (Å²) in [6.45, 7) is 2.61. The highest BCUT2D eigenvalue weighted by Crippen LogP contribution is 2.27. The minimum absolute atomic E-state index is 0.739. The zero-order chi connectivity index (χ0) is 15.6. The third kappa shape index (κ3) is 3.74. The predicted octanol–water partition coefficient (Wildman–Crippen LogP) is 3.29. The topological polar surface area (TPSA) is 58.4 Å². The van der Waals surface area contributed by atoms with Crippen molar-refractivity contribution in [2.45, 2.75) is 13.5 Å². The molecule has 0 spiro atoms. The zero-order valence-corrected chi connectivity index (χ0v) is 14.4. The molecule has 0 aliphatic rings. The van der Waals surface area contributed by atoms with Crippen LogP contribution in [0.5, 0.6) is 0 Å². The van der Waals surface area contributed by atoms with Crippen LogP contribution < -0.4 is 4.90 Å². The molecule has 0 atom stereocenters. The Morgan fingerprint density at radius 1 is 1.62 bits per heavy atom. The Balaban J connectivity index is 2.31. The summed E-state index contributed by atoms with van der Waals surface area (Å²) >= 11 is 5.13. The monoisotopic (exact) mass is 369 g/mol. The van der Waals surface area contributed by atoms with Crippen molar-refractivity contribution in [3.05, 3.63) is 38.1 Å². The van der Waals surface area contributed by atoms with E-state index in [0.29, 0.717) is 0 Å². The van der Waals surface area contributed by atoms with Crippen molar-refractivity contribution in [3.8, 4) is 0 Å². The first-order chi connectivity index (χ1) is 9.88. The van der Waals surface area contributed by atoms with Gasteiger partial charge in [-0.2, -0.15) is 5.10 Å². The molecule has 0 bridgehead atoms. The average Bonchev–Trinajstić information content (AvgIpc) is 2.90. The zero-order valence-electron chi connectivity index (χ0n) is 12.0. The summed E-state index contributed by atoms with van der Waals surface area (Å²) < 4.78 is 2.85. The van der Waals surface area contributed by atoms with E-state index in [1.54, 1.807) is 22.1 Å². The molecule has 0 saturated heterocycles. The largest absolute Gasteiger partial charge is 0.478 e. The summed E-state index contributed by atoms with van der Waals surface area (Å²) in [7, 11) is 3.84. The first kappa shape index (κ1) is 15.8. The number of halogens is 1. The number of nitrogens with zero attached hydrogens (tertiary/aromatic N) is 3. The Morgan fingerprint density at radius 2 is 2.33 bits per heavy atom. The number of anilines is 1. The second-order valence-electron chi connectivity index (χ2n) is 4.71. The van der Waals surface area contributed by atoms with Gasteiger partial charge in [0.2, 0.25) is 0 Å². The molecule has 0 fully saturated rings. The SMILES string of the molecule is Cc1nn(C)c(N(C)Cc2cc(Br)cs2)c1C=CC(=O)O. The van der Waals surface area contributed by atoms with Crippen LogP contribution in [0.2, 0.25) is 0 Å². The van der Waals surface area contributed by atoms with Gasteiger partial charge in [-0.25, -0.2) is 4.79 Å². The number of carboxylic acids is 1. The number of hydrogen-bond donors (Lipinski definition) is 1. The van der Waals surface area contributed by atoms with E-state index in [-0.39, 0.29) is 0 Å². The standard InChI is InChI=1S/C14H16BrN3O2S/c1-9-12(4-5-13(19)20)14(18(3)16-9)17(2)7-11-6-10(15)8-21-11/h4-6,8H,7H2,1-3H3,(H,19,20). The molecule has 21 heavy (non-hydrogen) atoms. The predicted molar refractivity (Wildman–Crippen MR) is 88.7 cm³/mol. The summed E-state index contributed by atoms with van der Waals surface area (Å²) in [5.41, 5.74) is 1.64. The van der Waals surface area contributed by atoms with Gasteiger partial charge in [-0.15, -0.1) is 11.3 Å². The van der Waals surface area contributed by atoms with Crippen LogP contribution in [-0.2, 0) is 18.4 Å². The van der Waals surface area contributed by atoms with Crippen molar-refractivity contribution in [3.63, 3.8) is 0 Å². The number of rotatable bonds is 5. The molecule has 0 saturated carbocycles. The van der Waals surface area contributed by atoms with Gasteiger partial charge in [0.05, 0.1) is 12.2 Å². The fourth-order valence-corrected chi connectivity index (χ4v) is 3.71. The first-order valence-electron chi connectivity index (χ1n) is 6.27. The van der Waals surface area contributed by atoms with Crippen LogP contribution in [0.25, 0.3) is 6.08 Å². The van der Waals surface area contributed by atoms with Crippen molar-refractivity contribution in [1.82, 2.24) is 9.78 Å². The van der Waals surface area contributed by atoms with Crippen LogP contribution in [-0.4, -0.2) is 27.9 Å². The van der Waals surface area contributed by atoms with Gasteiger partial charge in [0.25, 0.3) is 0 Å². The van der Waals surface area contributed by atoms with E-state index in [1.165, 1.54) is 4.88 Å². The van der Waals surface area contributed by atoms with E-state index < -0.39 is 5.97 Å². The lowest BCUT2D eigenvalue weighted by Gasteiger charge is -2.19. The van der Waals surface area contributed by atoms with Gasteiger partial charge in [0.15, 0.2) is 0 Å². The molecule has 2 aromatic heterocycles. The Kier molecular flexibility index (Phi) is 4.84. The van der Waals surface area contributed by atoms with Gasteiger partial charge in [-0.1, -0.05) is 0 Å². The number of hydrogen-bond acceptors (Lipinski definition) is 4. The van der Waals surface area contributed by atoms with E-state index in [0.717, 1.165) is 34.2 Å². The molecule has 0 unspecified atom stereocenters. The third-order valence-electron chi connectivity index (χ3n) is 3.01. The van der Waals surface area contributed by atoms with Crippen molar-refractivity contribution >= 4 is 45.1 Å². The first-order valence-corrected chi connectivity index (χ1v) is 7.94. The molecule has 0 amide bonds. The average molecular weight is 370 g/mol. The fourth-order valence-electron chi connectivity index (χ4n) is 2.21. The minimum atomic E-state index is -0.964. The van der Waals surface area contributed by atoms with Crippen LogP contribution in [0, 0.1) is 6.92 Å². The Morgan fingerprint density at radius 3 is 2.90 bits per heavy atom. The molecule has 0 aliphatic carbocycles. The normalized spacial score (nSPS) is 11.2. The highest BCUT2D eigenvalue weighted by atomic mass is 79.9. The molecule has 0 aromatic carbocycles. The summed E-state index contributed by atoms with van der Waals surface area (Å²) in [6, 6.07) is 2.08. The van der Waals surface area contributed by atoms with Gasteiger partial charge in [0, 0.05) is 40.5 Å². The number of carboxylic acid groups (broad SMARTS) is 1. The maximum atomic E-state index is 10.7. The van der Waals surface area contributed by atoms with Gasteiger partial charge >= 0.3 is 5.97 Å². The van der Waals surface area contributed by atoms with E-state index in [4.69, 9.17) is 5.11 Å². The summed E-state index contributed by atoms with van der Waals surface area (Å²) in [5, 5.41) is 15.2. The van der Waals surface area contributed by atoms with E-state index in [1.807, 2.05) is 26.4 Å². The molecular weight excluding hydrogens is 354 g/mol. The van der Waals surface area contributed by atoms with Crippen LogP contribution in [0.1, 0.15) is 16.1 Å². The van der Waals surface area contributed by atoms with E-state index in [2.05, 4.69) is 32.0 Å². The van der Waals surface area contributed by atoms with Gasteiger partial charge in [-0.3, -0.25) is 4.68 Å². The Bertz CT molecular complexity index is 690. The van der Waals surface area contributed by atoms with E-state index in [9.17, 15) is 4.79 Å². The lowest BCUT2D eigenvalue weighted by molar-refractivity contribution is -0.131. The minimum Gasteiger partial charge on any atom is -0.478 e.